The molecule has 0 aliphatic heterocycles. The van der Waals surface area contributed by atoms with Gasteiger partial charge in [0.15, 0.2) is 6.61 Å². The van der Waals surface area contributed by atoms with E-state index in [0.717, 1.165) is 0 Å². The van der Waals surface area contributed by atoms with Gasteiger partial charge in [0.2, 0.25) is 0 Å². The monoisotopic (exact) mass is 238 g/mol. The highest BCUT2D eigenvalue weighted by Crippen LogP contribution is 2.13. The third-order valence-electron chi connectivity index (χ3n) is 1.62. The molecule has 0 saturated carbocycles. The second-order valence-electron chi connectivity index (χ2n) is 2.92. The average Bonchev–Trinajstić information content (AvgIpc) is 2.67. The number of rotatable bonds is 4. The summed E-state index contributed by atoms with van der Waals surface area (Å²) in [5.41, 5.74) is 1.68. The summed E-state index contributed by atoms with van der Waals surface area (Å²) < 4.78 is 36.2. The van der Waals surface area contributed by atoms with Crippen LogP contribution in [-0.2, 0) is 9.63 Å². The molecule has 1 amide bonds. The summed E-state index contributed by atoms with van der Waals surface area (Å²) in [4.78, 5) is 18.8. The van der Waals surface area contributed by atoms with E-state index in [0.29, 0.717) is 0 Å². The topological polar surface area (TPSA) is 69.0 Å². The molecule has 6 nitrogen and oxygen atoms in total. The zero-order valence-electron chi connectivity index (χ0n) is 8.23. The van der Waals surface area contributed by atoms with Crippen molar-refractivity contribution in [1.82, 2.24) is 20.2 Å². The fourth-order valence-corrected chi connectivity index (χ4v) is 0.812. The number of hydrogen-bond donors (Lipinski definition) is 1. The van der Waals surface area contributed by atoms with Gasteiger partial charge in [0.25, 0.3) is 5.91 Å². The second-order valence-corrected chi connectivity index (χ2v) is 2.92. The largest absolute Gasteiger partial charge is 0.414 e. The Kier molecular flexibility index (Phi) is 3.82. The first-order valence-electron chi connectivity index (χ1n) is 4.22. The SMILES string of the molecule is CC(C(=O)NOCC(F)(F)F)n1cncn1. The summed E-state index contributed by atoms with van der Waals surface area (Å²) in [7, 11) is 0. The van der Waals surface area contributed by atoms with E-state index in [-0.39, 0.29) is 0 Å². The number of hydrogen-bond acceptors (Lipinski definition) is 4. The molecule has 0 spiro atoms. The van der Waals surface area contributed by atoms with Gasteiger partial charge in [0, 0.05) is 0 Å². The van der Waals surface area contributed by atoms with Gasteiger partial charge >= 0.3 is 6.18 Å². The van der Waals surface area contributed by atoms with Crippen LogP contribution in [0.25, 0.3) is 0 Å². The summed E-state index contributed by atoms with van der Waals surface area (Å²) in [5.74, 6) is -0.741. The first kappa shape index (κ1) is 12.4. The van der Waals surface area contributed by atoms with Crippen molar-refractivity contribution < 1.29 is 22.8 Å². The van der Waals surface area contributed by atoms with Crippen molar-refractivity contribution in [3.05, 3.63) is 12.7 Å². The predicted octanol–water partition coefficient (Wildman–Crippen LogP) is 0.449. The highest BCUT2D eigenvalue weighted by Gasteiger charge is 2.28. The van der Waals surface area contributed by atoms with Gasteiger partial charge in [-0.25, -0.2) is 15.1 Å². The maximum absolute atomic E-state index is 11.7. The van der Waals surface area contributed by atoms with Gasteiger partial charge in [-0.1, -0.05) is 0 Å². The molecule has 0 radical (unpaired) electrons. The molecule has 1 unspecified atom stereocenters. The third kappa shape index (κ3) is 3.85. The number of nitrogens with zero attached hydrogens (tertiary/aromatic N) is 3. The third-order valence-corrected chi connectivity index (χ3v) is 1.62. The highest BCUT2D eigenvalue weighted by molar-refractivity contribution is 5.78. The number of aromatic nitrogens is 3. The predicted molar refractivity (Wildman–Crippen MR) is 44.9 cm³/mol. The molecule has 1 N–H and O–H groups in total. The Morgan fingerprint density at radius 2 is 2.31 bits per heavy atom. The van der Waals surface area contributed by atoms with Crippen LogP contribution in [-0.4, -0.2) is 33.5 Å². The number of amides is 1. The number of hydroxylamine groups is 1. The summed E-state index contributed by atoms with van der Waals surface area (Å²) in [6.07, 6.45) is -2.00. The quantitative estimate of drug-likeness (QED) is 0.773. The molecule has 1 rings (SSSR count). The normalized spacial score (nSPS) is 13.5. The molecule has 0 aliphatic rings. The minimum atomic E-state index is -4.48. The first-order chi connectivity index (χ1) is 7.40. The standard InChI is InChI=1S/C7H9F3N4O2/c1-5(14-4-11-3-12-14)6(15)13-16-2-7(8,9)10/h3-5H,2H2,1H3,(H,13,15). The average molecular weight is 238 g/mol. The molecule has 0 aromatic carbocycles. The molecular weight excluding hydrogens is 229 g/mol. The van der Waals surface area contributed by atoms with Gasteiger partial charge in [0.1, 0.15) is 18.7 Å². The van der Waals surface area contributed by atoms with Crippen LogP contribution in [0.5, 0.6) is 0 Å². The van der Waals surface area contributed by atoms with Gasteiger partial charge in [-0.15, -0.1) is 0 Å². The van der Waals surface area contributed by atoms with Crippen LogP contribution in [0, 0.1) is 0 Å². The van der Waals surface area contributed by atoms with Crippen molar-refractivity contribution in [3.8, 4) is 0 Å². The van der Waals surface area contributed by atoms with Crippen LogP contribution in [0.15, 0.2) is 12.7 Å². The van der Waals surface area contributed by atoms with Gasteiger partial charge < -0.3 is 0 Å². The number of carbonyl (C=O) groups is 1. The highest BCUT2D eigenvalue weighted by atomic mass is 19.4. The van der Waals surface area contributed by atoms with Crippen molar-refractivity contribution in [2.75, 3.05) is 6.61 Å². The smallest absolute Gasteiger partial charge is 0.270 e. The molecule has 16 heavy (non-hydrogen) atoms. The minimum Gasteiger partial charge on any atom is -0.270 e. The number of nitrogens with one attached hydrogen (secondary N) is 1. The lowest BCUT2D eigenvalue weighted by molar-refractivity contribution is -0.192. The summed E-state index contributed by atoms with van der Waals surface area (Å²) in [6.45, 7) is -0.0935. The molecule has 1 atom stereocenters. The lowest BCUT2D eigenvalue weighted by atomic mass is 10.3. The van der Waals surface area contributed by atoms with Crippen molar-refractivity contribution in [3.63, 3.8) is 0 Å². The number of carbonyl (C=O) groups excluding carboxylic acids is 1. The van der Waals surface area contributed by atoms with Gasteiger partial charge in [0.05, 0.1) is 0 Å². The van der Waals surface area contributed by atoms with E-state index in [1.165, 1.54) is 24.3 Å². The van der Waals surface area contributed by atoms with Crippen LogP contribution < -0.4 is 5.48 Å². The van der Waals surface area contributed by atoms with E-state index < -0.39 is 24.7 Å². The number of halogens is 3. The molecule has 0 bridgehead atoms. The van der Waals surface area contributed by atoms with E-state index in [1.54, 1.807) is 5.48 Å². The van der Waals surface area contributed by atoms with Gasteiger partial charge in [-0.3, -0.25) is 9.63 Å². The Hall–Kier alpha value is -1.64. The summed E-state index contributed by atoms with van der Waals surface area (Å²) in [5, 5.41) is 3.66. The Morgan fingerprint density at radius 1 is 1.62 bits per heavy atom. The molecular formula is C7H9F3N4O2. The maximum Gasteiger partial charge on any atom is 0.414 e. The fraction of sp³-hybridized carbons (Fsp3) is 0.571. The zero-order valence-corrected chi connectivity index (χ0v) is 8.23. The molecule has 1 heterocycles. The Labute approximate surface area is 88.4 Å². The maximum atomic E-state index is 11.7. The molecule has 0 fully saturated rings. The van der Waals surface area contributed by atoms with Crippen LogP contribution in [0.3, 0.4) is 0 Å². The lowest BCUT2D eigenvalue weighted by Gasteiger charge is -2.12. The molecule has 90 valence electrons. The Bertz CT molecular complexity index is 338. The van der Waals surface area contributed by atoms with Crippen molar-refractivity contribution in [1.29, 1.82) is 0 Å². The van der Waals surface area contributed by atoms with E-state index in [1.807, 2.05) is 0 Å². The molecule has 1 aromatic heterocycles. The molecule has 0 aliphatic carbocycles. The van der Waals surface area contributed by atoms with E-state index >= 15 is 0 Å². The molecule has 1 aromatic rings. The minimum absolute atomic E-state index is 0.741. The number of alkyl halides is 3. The Balaban J connectivity index is 2.36. The van der Waals surface area contributed by atoms with Crippen LogP contribution >= 0.6 is 0 Å². The van der Waals surface area contributed by atoms with Crippen LogP contribution in [0.1, 0.15) is 13.0 Å². The summed E-state index contributed by atoms with van der Waals surface area (Å²) in [6, 6.07) is -0.796. The molecule has 9 heteroatoms. The van der Waals surface area contributed by atoms with Crippen molar-refractivity contribution in [2.45, 2.75) is 19.1 Å². The van der Waals surface area contributed by atoms with E-state index in [9.17, 15) is 18.0 Å². The van der Waals surface area contributed by atoms with E-state index in [2.05, 4.69) is 14.9 Å². The van der Waals surface area contributed by atoms with Crippen molar-refractivity contribution in [2.24, 2.45) is 0 Å². The lowest BCUT2D eigenvalue weighted by Crippen LogP contribution is -2.34. The van der Waals surface area contributed by atoms with E-state index in [4.69, 9.17) is 0 Å². The molecule has 0 saturated heterocycles. The van der Waals surface area contributed by atoms with Gasteiger partial charge in [-0.05, 0) is 6.92 Å². The Morgan fingerprint density at radius 3 is 2.81 bits per heavy atom. The van der Waals surface area contributed by atoms with Crippen molar-refractivity contribution >= 4 is 5.91 Å². The second kappa shape index (κ2) is 4.92. The summed E-state index contributed by atoms with van der Waals surface area (Å²) >= 11 is 0. The van der Waals surface area contributed by atoms with Crippen LogP contribution in [0.2, 0.25) is 0 Å². The van der Waals surface area contributed by atoms with Crippen LogP contribution in [0.4, 0.5) is 13.2 Å². The first-order valence-corrected chi connectivity index (χ1v) is 4.22. The fourth-order valence-electron chi connectivity index (χ4n) is 0.812. The zero-order chi connectivity index (χ0) is 12.2. The van der Waals surface area contributed by atoms with Gasteiger partial charge in [-0.2, -0.15) is 18.3 Å².